The summed E-state index contributed by atoms with van der Waals surface area (Å²) in [6, 6.07) is 11.9. The van der Waals surface area contributed by atoms with E-state index < -0.39 is 0 Å². The highest BCUT2D eigenvalue weighted by atomic mass is 16.3. The average Bonchev–Trinajstić information content (AvgIpc) is 3.19. The largest absolute Gasteiger partial charge is 0.467 e. The first-order chi connectivity index (χ1) is 15.7. The summed E-state index contributed by atoms with van der Waals surface area (Å²) in [5.41, 5.74) is 2.07. The van der Waals surface area contributed by atoms with Crippen LogP contribution in [-0.2, 0) is 16.1 Å². The van der Waals surface area contributed by atoms with Crippen molar-refractivity contribution < 1.29 is 14.0 Å². The van der Waals surface area contributed by atoms with Crippen molar-refractivity contribution in [2.45, 2.75) is 45.1 Å². The summed E-state index contributed by atoms with van der Waals surface area (Å²) in [5, 5.41) is 5.95. The predicted octanol–water partition coefficient (Wildman–Crippen LogP) is 3.63. The molecule has 4 rings (SSSR count). The van der Waals surface area contributed by atoms with Crippen molar-refractivity contribution in [1.29, 1.82) is 0 Å². The summed E-state index contributed by atoms with van der Waals surface area (Å²) in [6.07, 6.45) is 8.27. The number of nitrogens with one attached hydrogen (secondary N) is 2. The molecular weight excluding hydrogens is 404 g/mol. The van der Waals surface area contributed by atoms with Crippen LogP contribution in [0.2, 0.25) is 0 Å². The van der Waals surface area contributed by atoms with Crippen LogP contribution in [0.5, 0.6) is 0 Å². The highest BCUT2D eigenvalue weighted by Crippen LogP contribution is 2.22. The molecule has 0 aliphatic carbocycles. The van der Waals surface area contributed by atoms with Gasteiger partial charge in [-0.1, -0.05) is 12.8 Å². The Morgan fingerprint density at radius 3 is 2.31 bits per heavy atom. The fourth-order valence-electron chi connectivity index (χ4n) is 4.57. The Bertz CT molecular complexity index is 850. The van der Waals surface area contributed by atoms with Crippen molar-refractivity contribution in [1.82, 2.24) is 10.2 Å². The first-order valence-corrected chi connectivity index (χ1v) is 11.8. The number of likely N-dealkylation sites (tertiary alicyclic amines) is 1. The lowest BCUT2D eigenvalue weighted by Crippen LogP contribution is -2.43. The Hall–Kier alpha value is -2.80. The van der Waals surface area contributed by atoms with Crippen LogP contribution < -0.4 is 15.5 Å². The maximum atomic E-state index is 12.5. The number of carbonyl (C=O) groups is 2. The minimum Gasteiger partial charge on any atom is -0.467 e. The third-order valence-corrected chi connectivity index (χ3v) is 6.46. The minimum atomic E-state index is -0.00626. The fraction of sp³-hybridized carbons (Fsp3) is 0.520. The van der Waals surface area contributed by atoms with Crippen LogP contribution in [0.15, 0.2) is 47.1 Å². The van der Waals surface area contributed by atoms with Gasteiger partial charge in [-0.05, 0) is 75.2 Å². The Morgan fingerprint density at radius 2 is 1.66 bits per heavy atom. The molecule has 2 fully saturated rings. The second-order valence-electron chi connectivity index (χ2n) is 8.84. The van der Waals surface area contributed by atoms with E-state index in [4.69, 9.17) is 4.42 Å². The summed E-state index contributed by atoms with van der Waals surface area (Å²) in [6.45, 7) is 4.50. The van der Waals surface area contributed by atoms with Gasteiger partial charge >= 0.3 is 0 Å². The van der Waals surface area contributed by atoms with Crippen molar-refractivity contribution in [3.05, 3.63) is 48.4 Å². The number of anilines is 2. The van der Waals surface area contributed by atoms with E-state index in [-0.39, 0.29) is 17.7 Å². The van der Waals surface area contributed by atoms with E-state index in [9.17, 15) is 9.59 Å². The van der Waals surface area contributed by atoms with E-state index >= 15 is 0 Å². The number of amides is 2. The average molecular weight is 439 g/mol. The van der Waals surface area contributed by atoms with Crippen molar-refractivity contribution in [3.63, 3.8) is 0 Å². The highest BCUT2D eigenvalue weighted by Gasteiger charge is 2.26. The van der Waals surface area contributed by atoms with E-state index in [0.717, 1.165) is 50.5 Å². The number of hydrogen-bond donors (Lipinski definition) is 2. The summed E-state index contributed by atoms with van der Waals surface area (Å²) in [7, 11) is 0. The number of rotatable bonds is 7. The molecule has 7 heteroatoms. The third kappa shape index (κ3) is 6.36. The van der Waals surface area contributed by atoms with Gasteiger partial charge in [0.2, 0.25) is 11.8 Å². The zero-order chi connectivity index (χ0) is 22.2. The van der Waals surface area contributed by atoms with E-state index in [1.165, 1.54) is 31.4 Å². The van der Waals surface area contributed by atoms with Crippen LogP contribution in [0, 0.1) is 5.92 Å². The molecule has 2 aromatic rings. The second-order valence-corrected chi connectivity index (χ2v) is 8.84. The first-order valence-electron chi connectivity index (χ1n) is 11.8. The molecule has 0 saturated carbocycles. The summed E-state index contributed by atoms with van der Waals surface area (Å²) in [5.74, 6) is 0.811. The monoisotopic (exact) mass is 438 g/mol. The van der Waals surface area contributed by atoms with Gasteiger partial charge in [-0.2, -0.15) is 0 Å². The first kappa shape index (κ1) is 22.4. The summed E-state index contributed by atoms with van der Waals surface area (Å²) < 4.78 is 5.25. The smallest absolute Gasteiger partial charge is 0.238 e. The molecule has 2 aliphatic rings. The molecule has 0 atom stereocenters. The van der Waals surface area contributed by atoms with Gasteiger partial charge in [0.15, 0.2) is 0 Å². The molecule has 1 aromatic heterocycles. The molecule has 2 amide bonds. The quantitative estimate of drug-likeness (QED) is 0.690. The lowest BCUT2D eigenvalue weighted by molar-refractivity contribution is -0.126. The molecule has 0 unspecified atom stereocenters. The van der Waals surface area contributed by atoms with Crippen LogP contribution in [0.3, 0.4) is 0 Å². The number of piperidine rings is 1. The van der Waals surface area contributed by atoms with Crippen LogP contribution >= 0.6 is 0 Å². The maximum Gasteiger partial charge on any atom is 0.238 e. The third-order valence-electron chi connectivity index (χ3n) is 6.46. The second kappa shape index (κ2) is 11.2. The summed E-state index contributed by atoms with van der Waals surface area (Å²) >= 11 is 0. The van der Waals surface area contributed by atoms with Gasteiger partial charge in [-0.15, -0.1) is 0 Å². The van der Waals surface area contributed by atoms with Crippen LogP contribution in [0.4, 0.5) is 11.4 Å². The highest BCUT2D eigenvalue weighted by molar-refractivity contribution is 5.92. The molecule has 7 nitrogen and oxygen atoms in total. The van der Waals surface area contributed by atoms with Gasteiger partial charge in [-0.3, -0.25) is 14.5 Å². The van der Waals surface area contributed by atoms with Gasteiger partial charge in [0.1, 0.15) is 5.76 Å². The number of benzene rings is 1. The Kier molecular flexibility index (Phi) is 7.82. The standard InChI is InChI=1S/C25H34N4O3/c30-24(27-21-7-9-22(10-8-21)29-13-3-1-2-4-14-29)19-28-15-11-20(12-16-28)25(31)26-18-23-6-5-17-32-23/h5-10,17,20H,1-4,11-16,18-19H2,(H,26,31)(H,27,30). The van der Waals surface area contributed by atoms with Crippen molar-refractivity contribution in [2.75, 3.05) is 42.9 Å². The van der Waals surface area contributed by atoms with Gasteiger partial charge < -0.3 is 20.0 Å². The maximum absolute atomic E-state index is 12.5. The Balaban J connectivity index is 1.17. The zero-order valence-corrected chi connectivity index (χ0v) is 18.7. The molecule has 0 bridgehead atoms. The van der Waals surface area contributed by atoms with Gasteiger partial charge in [0, 0.05) is 30.4 Å². The van der Waals surface area contributed by atoms with Crippen molar-refractivity contribution in [3.8, 4) is 0 Å². The molecular formula is C25H34N4O3. The number of furan rings is 1. The van der Waals surface area contributed by atoms with Crippen LogP contribution in [0.1, 0.15) is 44.3 Å². The lowest BCUT2D eigenvalue weighted by atomic mass is 9.96. The molecule has 0 radical (unpaired) electrons. The summed E-state index contributed by atoms with van der Waals surface area (Å²) in [4.78, 5) is 29.4. The van der Waals surface area contributed by atoms with E-state index in [2.05, 4.69) is 32.6 Å². The topological polar surface area (TPSA) is 77.8 Å². The number of nitrogens with zero attached hydrogens (tertiary/aromatic N) is 2. The van der Waals surface area contributed by atoms with E-state index in [0.29, 0.717) is 13.1 Å². The molecule has 1 aromatic carbocycles. The fourth-order valence-corrected chi connectivity index (χ4v) is 4.57. The molecule has 2 saturated heterocycles. The minimum absolute atomic E-state index is 0.00388. The molecule has 2 aliphatic heterocycles. The van der Waals surface area contributed by atoms with Crippen molar-refractivity contribution in [2.24, 2.45) is 5.92 Å². The zero-order valence-electron chi connectivity index (χ0n) is 18.7. The van der Waals surface area contributed by atoms with Gasteiger partial charge in [-0.25, -0.2) is 0 Å². The Morgan fingerprint density at radius 1 is 0.938 bits per heavy atom. The molecule has 3 heterocycles. The molecule has 172 valence electrons. The van der Waals surface area contributed by atoms with E-state index in [1.807, 2.05) is 24.3 Å². The molecule has 2 N–H and O–H groups in total. The SMILES string of the molecule is O=C(CN1CCC(C(=O)NCc2ccco2)CC1)Nc1ccc(N2CCCCCC2)cc1. The molecule has 0 spiro atoms. The van der Waals surface area contributed by atoms with E-state index in [1.54, 1.807) is 6.26 Å². The van der Waals surface area contributed by atoms with Gasteiger partial charge in [0.25, 0.3) is 0 Å². The normalized spacial score (nSPS) is 18.2. The molecule has 32 heavy (non-hydrogen) atoms. The van der Waals surface area contributed by atoms with Gasteiger partial charge in [0.05, 0.1) is 19.4 Å². The lowest BCUT2D eigenvalue weighted by Gasteiger charge is -2.30. The van der Waals surface area contributed by atoms with Crippen LogP contribution in [0.25, 0.3) is 0 Å². The number of carbonyl (C=O) groups excluding carboxylic acids is 2. The predicted molar refractivity (Wildman–Crippen MR) is 125 cm³/mol. The van der Waals surface area contributed by atoms with Crippen LogP contribution in [-0.4, -0.2) is 49.4 Å². The number of hydrogen-bond acceptors (Lipinski definition) is 5. The Labute approximate surface area is 190 Å². The van der Waals surface area contributed by atoms with Crippen molar-refractivity contribution >= 4 is 23.2 Å².